The molecule has 1 aliphatic rings. The lowest BCUT2D eigenvalue weighted by Crippen LogP contribution is -2.52. The normalized spacial score (nSPS) is 16.0. The number of hydrogen-bond donors (Lipinski definition) is 0. The molecule has 0 radical (unpaired) electrons. The first kappa shape index (κ1) is 25.1. The van der Waals surface area contributed by atoms with Gasteiger partial charge in [-0.2, -0.15) is 0 Å². The fourth-order valence-corrected chi connectivity index (χ4v) is 4.32. The van der Waals surface area contributed by atoms with Crippen LogP contribution in [0.1, 0.15) is 37.8 Å². The van der Waals surface area contributed by atoms with E-state index in [1.807, 2.05) is 24.3 Å². The molecule has 5 heteroatoms. The van der Waals surface area contributed by atoms with E-state index in [4.69, 9.17) is 4.74 Å². The Morgan fingerprint density at radius 3 is 2.12 bits per heavy atom. The molecule has 1 heterocycles. The molecule has 0 aliphatic carbocycles. The third-order valence-electron chi connectivity index (χ3n) is 6.54. The van der Waals surface area contributed by atoms with E-state index in [1.54, 1.807) is 12.1 Å². The average Bonchev–Trinajstić information content (AvgIpc) is 2.78. The highest BCUT2D eigenvalue weighted by Crippen LogP contribution is 2.26. The van der Waals surface area contributed by atoms with Gasteiger partial charge in [0, 0.05) is 39.0 Å². The van der Waals surface area contributed by atoms with E-state index >= 15 is 0 Å². The Balaban J connectivity index is 1.69. The van der Waals surface area contributed by atoms with Crippen LogP contribution in [0.3, 0.4) is 0 Å². The summed E-state index contributed by atoms with van der Waals surface area (Å²) in [4.78, 5) is 4.65. The van der Waals surface area contributed by atoms with Crippen LogP contribution in [-0.4, -0.2) is 61.2 Å². The predicted octanol–water partition coefficient (Wildman–Crippen LogP) is 5.50. The van der Waals surface area contributed by atoms with Gasteiger partial charge in [0.15, 0.2) is 0 Å². The van der Waals surface area contributed by atoms with E-state index in [-0.39, 0.29) is 5.82 Å². The van der Waals surface area contributed by atoms with E-state index in [9.17, 15) is 4.39 Å². The summed E-state index contributed by atoms with van der Waals surface area (Å²) in [6.45, 7) is 13.3. The standard InChI is InChI=1S/C28H41FN3O/c1-22(2)21-33-28-13-9-24(10-14-28)19-30(4)23(3)31(20-25-7-11-26(29)12-8-25)27-15-17-32(5,6)18-16-27/h7-14,22,27H,3,15-21H2,1-2,4-6H3/q+1. The van der Waals surface area contributed by atoms with Crippen molar-refractivity contribution in [3.63, 3.8) is 0 Å². The third-order valence-corrected chi connectivity index (χ3v) is 6.54. The number of rotatable bonds is 10. The fraction of sp³-hybridized carbons (Fsp3) is 0.500. The number of likely N-dealkylation sites (tertiary alicyclic amines) is 1. The van der Waals surface area contributed by atoms with Gasteiger partial charge in [-0.05, 0) is 41.3 Å². The number of quaternary nitrogens is 1. The van der Waals surface area contributed by atoms with Gasteiger partial charge < -0.3 is 19.0 Å². The van der Waals surface area contributed by atoms with E-state index in [0.29, 0.717) is 12.0 Å². The van der Waals surface area contributed by atoms with Crippen LogP contribution >= 0.6 is 0 Å². The molecular weight excluding hydrogens is 413 g/mol. The van der Waals surface area contributed by atoms with Gasteiger partial charge in [-0.25, -0.2) is 4.39 Å². The van der Waals surface area contributed by atoms with Gasteiger partial charge in [-0.15, -0.1) is 0 Å². The monoisotopic (exact) mass is 454 g/mol. The number of benzene rings is 2. The van der Waals surface area contributed by atoms with E-state index in [2.05, 4.69) is 63.5 Å². The maximum absolute atomic E-state index is 13.5. The van der Waals surface area contributed by atoms with Crippen molar-refractivity contribution in [3.05, 3.63) is 77.9 Å². The molecule has 2 aromatic carbocycles. The smallest absolute Gasteiger partial charge is 0.123 e. The third kappa shape index (κ3) is 7.50. The Hall–Kier alpha value is -2.53. The molecule has 0 spiro atoms. The van der Waals surface area contributed by atoms with Crippen LogP contribution in [0.2, 0.25) is 0 Å². The summed E-state index contributed by atoms with van der Waals surface area (Å²) in [5.41, 5.74) is 2.33. The molecule has 180 valence electrons. The minimum Gasteiger partial charge on any atom is -0.493 e. The van der Waals surface area contributed by atoms with Crippen molar-refractivity contribution in [2.24, 2.45) is 5.92 Å². The summed E-state index contributed by atoms with van der Waals surface area (Å²) in [6.07, 6.45) is 2.26. The van der Waals surface area contributed by atoms with Gasteiger partial charge in [0.25, 0.3) is 0 Å². The molecule has 1 saturated heterocycles. The molecule has 2 aromatic rings. The summed E-state index contributed by atoms with van der Waals surface area (Å²) in [5.74, 6) is 2.24. The highest BCUT2D eigenvalue weighted by atomic mass is 19.1. The van der Waals surface area contributed by atoms with Gasteiger partial charge >= 0.3 is 0 Å². The van der Waals surface area contributed by atoms with Gasteiger partial charge in [-0.1, -0.05) is 44.7 Å². The molecule has 0 aromatic heterocycles. The van der Waals surface area contributed by atoms with Crippen LogP contribution in [0.25, 0.3) is 0 Å². The Morgan fingerprint density at radius 2 is 1.55 bits per heavy atom. The van der Waals surface area contributed by atoms with Gasteiger partial charge in [0.1, 0.15) is 11.6 Å². The van der Waals surface area contributed by atoms with Crippen molar-refractivity contribution in [1.82, 2.24) is 9.80 Å². The lowest BCUT2D eigenvalue weighted by atomic mass is 10.0. The summed E-state index contributed by atoms with van der Waals surface area (Å²) in [5, 5.41) is 0. The van der Waals surface area contributed by atoms with Crippen LogP contribution in [0.15, 0.2) is 60.9 Å². The minimum atomic E-state index is -0.196. The molecule has 1 aliphatic heterocycles. The summed E-state index contributed by atoms with van der Waals surface area (Å²) >= 11 is 0. The van der Waals surface area contributed by atoms with Crippen LogP contribution in [0.4, 0.5) is 4.39 Å². The summed E-state index contributed by atoms with van der Waals surface area (Å²) < 4.78 is 20.3. The molecule has 0 unspecified atom stereocenters. The highest BCUT2D eigenvalue weighted by molar-refractivity contribution is 5.27. The molecule has 33 heavy (non-hydrogen) atoms. The second-order valence-electron chi connectivity index (χ2n) is 10.5. The van der Waals surface area contributed by atoms with E-state index in [1.165, 1.54) is 5.56 Å². The SMILES string of the molecule is C=C(N(C)Cc1ccc(OCC(C)C)cc1)N(Cc1ccc(F)cc1)C1CC[N+](C)(C)CC1. The molecule has 3 rings (SSSR count). The predicted molar refractivity (Wildman–Crippen MR) is 134 cm³/mol. The Labute approximate surface area is 199 Å². The second-order valence-corrected chi connectivity index (χ2v) is 10.5. The maximum Gasteiger partial charge on any atom is 0.123 e. The zero-order valence-electron chi connectivity index (χ0n) is 21.1. The largest absolute Gasteiger partial charge is 0.493 e. The molecule has 0 atom stereocenters. The zero-order chi connectivity index (χ0) is 24.0. The quantitative estimate of drug-likeness (QED) is 0.441. The number of nitrogens with zero attached hydrogens (tertiary/aromatic N) is 3. The van der Waals surface area contributed by atoms with Crippen LogP contribution in [0.5, 0.6) is 5.75 Å². The van der Waals surface area contributed by atoms with Crippen molar-refractivity contribution in [3.8, 4) is 5.75 Å². The number of hydrogen-bond acceptors (Lipinski definition) is 3. The summed E-state index contributed by atoms with van der Waals surface area (Å²) in [6, 6.07) is 15.6. The van der Waals surface area contributed by atoms with Crippen molar-refractivity contribution in [1.29, 1.82) is 0 Å². The Kier molecular flexibility index (Phi) is 8.41. The minimum absolute atomic E-state index is 0.196. The maximum atomic E-state index is 13.5. The van der Waals surface area contributed by atoms with Crippen molar-refractivity contribution >= 4 is 0 Å². The topological polar surface area (TPSA) is 15.7 Å². The first-order valence-electron chi connectivity index (χ1n) is 12.1. The fourth-order valence-electron chi connectivity index (χ4n) is 4.32. The zero-order valence-corrected chi connectivity index (χ0v) is 21.1. The first-order valence-corrected chi connectivity index (χ1v) is 12.1. The highest BCUT2D eigenvalue weighted by Gasteiger charge is 2.31. The Bertz CT molecular complexity index is 882. The van der Waals surface area contributed by atoms with Gasteiger partial charge in [0.2, 0.25) is 0 Å². The van der Waals surface area contributed by atoms with Crippen LogP contribution in [-0.2, 0) is 13.1 Å². The first-order chi connectivity index (χ1) is 15.6. The van der Waals surface area contributed by atoms with Gasteiger partial charge in [0.05, 0.1) is 39.6 Å². The number of halogens is 1. The Morgan fingerprint density at radius 1 is 1.00 bits per heavy atom. The van der Waals surface area contributed by atoms with Crippen LogP contribution < -0.4 is 4.74 Å². The van der Waals surface area contributed by atoms with Crippen molar-refractivity contribution < 1.29 is 13.6 Å². The van der Waals surface area contributed by atoms with Gasteiger partial charge in [-0.3, -0.25) is 0 Å². The molecule has 0 N–H and O–H groups in total. The number of ether oxygens (including phenoxy) is 1. The molecule has 1 fully saturated rings. The van der Waals surface area contributed by atoms with Crippen LogP contribution in [0, 0.1) is 11.7 Å². The van der Waals surface area contributed by atoms with E-state index in [0.717, 1.165) is 67.2 Å². The molecule has 4 nitrogen and oxygen atoms in total. The molecule has 0 bridgehead atoms. The summed E-state index contributed by atoms with van der Waals surface area (Å²) in [7, 11) is 6.71. The molecular formula is C28H41FN3O+. The lowest BCUT2D eigenvalue weighted by Gasteiger charge is -2.44. The van der Waals surface area contributed by atoms with Crippen molar-refractivity contribution in [2.75, 3.05) is 40.8 Å². The van der Waals surface area contributed by atoms with E-state index < -0.39 is 0 Å². The lowest BCUT2D eigenvalue weighted by molar-refractivity contribution is -0.895. The number of piperidine rings is 1. The second kappa shape index (κ2) is 11.1. The average molecular weight is 455 g/mol. The van der Waals surface area contributed by atoms with Crippen molar-refractivity contribution in [2.45, 2.75) is 45.8 Å². The molecule has 0 saturated carbocycles. The molecule has 0 amide bonds.